The van der Waals surface area contributed by atoms with Gasteiger partial charge in [-0.2, -0.15) is 0 Å². The first kappa shape index (κ1) is 13.0. The largest absolute Gasteiger partial charge is 0.293 e. The highest BCUT2D eigenvalue weighted by Gasteiger charge is 2.53. The maximum atomic E-state index is 2.88. The number of hydrogen-bond donors (Lipinski definition) is 0. The first-order valence-corrected chi connectivity index (χ1v) is 7.64. The Morgan fingerprint density at radius 2 is 1.61 bits per heavy atom. The average Bonchev–Trinajstić information content (AvgIpc) is 2.27. The van der Waals surface area contributed by atoms with Crippen LogP contribution in [0.5, 0.6) is 0 Å². The van der Waals surface area contributed by atoms with E-state index in [1.54, 1.807) is 24.8 Å². The second-order valence-electron chi connectivity index (χ2n) is 7.40. The van der Waals surface area contributed by atoms with Crippen molar-refractivity contribution in [1.82, 2.24) is 4.90 Å². The van der Waals surface area contributed by atoms with E-state index in [4.69, 9.17) is 0 Å². The molecular formula is C16H26ClN. The van der Waals surface area contributed by atoms with Crippen LogP contribution in [-0.2, 0) is 0 Å². The van der Waals surface area contributed by atoms with Crippen LogP contribution in [0, 0.1) is 17.8 Å². The van der Waals surface area contributed by atoms with E-state index in [1.807, 2.05) is 0 Å². The lowest BCUT2D eigenvalue weighted by molar-refractivity contribution is -0.0864. The van der Waals surface area contributed by atoms with E-state index in [0.717, 1.165) is 17.8 Å². The molecule has 1 aliphatic heterocycles. The van der Waals surface area contributed by atoms with Gasteiger partial charge in [-0.1, -0.05) is 11.6 Å². The second kappa shape index (κ2) is 4.52. The fourth-order valence-electron chi connectivity index (χ4n) is 5.77. The quantitative estimate of drug-likeness (QED) is 0.649. The van der Waals surface area contributed by atoms with Crippen LogP contribution >= 0.6 is 12.4 Å². The molecular weight excluding hydrogens is 242 g/mol. The second-order valence-corrected chi connectivity index (χ2v) is 7.40. The van der Waals surface area contributed by atoms with Crippen molar-refractivity contribution in [1.29, 1.82) is 0 Å². The maximum absolute atomic E-state index is 2.88. The minimum Gasteiger partial charge on any atom is -0.293 e. The normalized spacial score (nSPS) is 46.7. The zero-order chi connectivity index (χ0) is 11.5. The minimum absolute atomic E-state index is 0. The molecule has 0 aromatic carbocycles. The zero-order valence-corrected chi connectivity index (χ0v) is 12.3. The Morgan fingerprint density at radius 1 is 1.06 bits per heavy atom. The van der Waals surface area contributed by atoms with Gasteiger partial charge in [0.2, 0.25) is 0 Å². The summed E-state index contributed by atoms with van der Waals surface area (Å²) in [6, 6.07) is 0. The molecule has 0 saturated heterocycles. The number of nitrogens with zero attached hydrogens (tertiary/aromatic N) is 1. The molecule has 1 nitrogen and oxygen atoms in total. The number of halogens is 1. The molecule has 102 valence electrons. The standard InChI is InChI=1S/C16H25N.ClH/c1-12-3-2-4-17(11-12)16-8-13-5-14(9-16)7-15(6-13)10-16;/h3,13-15H,2,4-11H2,1H3;1H. The van der Waals surface area contributed by atoms with Gasteiger partial charge in [0.1, 0.15) is 0 Å². The predicted octanol–water partition coefficient (Wildman–Crippen LogP) is 4.03. The predicted molar refractivity (Wildman–Crippen MR) is 78.1 cm³/mol. The maximum Gasteiger partial charge on any atom is 0.0221 e. The fraction of sp³-hybridized carbons (Fsp3) is 0.875. The van der Waals surface area contributed by atoms with Crippen molar-refractivity contribution < 1.29 is 0 Å². The molecule has 0 spiro atoms. The zero-order valence-electron chi connectivity index (χ0n) is 11.5. The van der Waals surface area contributed by atoms with Gasteiger partial charge in [-0.3, -0.25) is 4.90 Å². The topological polar surface area (TPSA) is 3.24 Å². The Bertz CT molecular complexity index is 325. The molecule has 1 heterocycles. The van der Waals surface area contributed by atoms with E-state index in [9.17, 15) is 0 Å². The van der Waals surface area contributed by atoms with Crippen LogP contribution in [0.3, 0.4) is 0 Å². The number of hydrogen-bond acceptors (Lipinski definition) is 1. The smallest absolute Gasteiger partial charge is 0.0221 e. The van der Waals surface area contributed by atoms with Crippen LogP contribution in [0.25, 0.3) is 0 Å². The average molecular weight is 268 g/mol. The van der Waals surface area contributed by atoms with E-state index in [0.29, 0.717) is 5.54 Å². The molecule has 0 atom stereocenters. The summed E-state index contributed by atoms with van der Waals surface area (Å²) in [6.07, 6.45) is 13.1. The first-order valence-electron chi connectivity index (χ1n) is 7.64. The van der Waals surface area contributed by atoms with E-state index in [2.05, 4.69) is 17.9 Å². The number of rotatable bonds is 1. The lowest BCUT2D eigenvalue weighted by Gasteiger charge is -2.61. The van der Waals surface area contributed by atoms with Crippen molar-refractivity contribution >= 4 is 12.4 Å². The lowest BCUT2D eigenvalue weighted by Crippen LogP contribution is -2.60. The van der Waals surface area contributed by atoms with Gasteiger partial charge in [0.05, 0.1) is 0 Å². The first-order chi connectivity index (χ1) is 8.23. The Morgan fingerprint density at radius 3 is 2.11 bits per heavy atom. The summed E-state index contributed by atoms with van der Waals surface area (Å²) in [7, 11) is 0. The summed E-state index contributed by atoms with van der Waals surface area (Å²) in [6.45, 7) is 4.93. The Hall–Kier alpha value is -0.0100. The Labute approximate surface area is 117 Å². The van der Waals surface area contributed by atoms with Crippen LogP contribution in [0.15, 0.2) is 11.6 Å². The van der Waals surface area contributed by atoms with Gasteiger partial charge in [0.25, 0.3) is 0 Å². The van der Waals surface area contributed by atoms with Gasteiger partial charge in [-0.15, -0.1) is 12.4 Å². The van der Waals surface area contributed by atoms with E-state index in [-0.39, 0.29) is 12.4 Å². The molecule has 4 fully saturated rings. The van der Waals surface area contributed by atoms with Crippen molar-refractivity contribution in [2.75, 3.05) is 13.1 Å². The van der Waals surface area contributed by atoms with Crippen LogP contribution < -0.4 is 0 Å². The van der Waals surface area contributed by atoms with Crippen molar-refractivity contribution in [3.8, 4) is 0 Å². The molecule has 0 amide bonds. The molecule has 0 aromatic rings. The van der Waals surface area contributed by atoms with Gasteiger partial charge in [0, 0.05) is 18.6 Å². The molecule has 4 bridgehead atoms. The van der Waals surface area contributed by atoms with Crippen LogP contribution in [0.4, 0.5) is 0 Å². The molecule has 2 heteroatoms. The van der Waals surface area contributed by atoms with E-state index < -0.39 is 0 Å². The van der Waals surface area contributed by atoms with Gasteiger partial charge in [-0.25, -0.2) is 0 Å². The molecule has 0 unspecified atom stereocenters. The van der Waals surface area contributed by atoms with Gasteiger partial charge in [-0.05, 0) is 69.6 Å². The third kappa shape index (κ3) is 1.94. The highest BCUT2D eigenvalue weighted by Crippen LogP contribution is 2.58. The van der Waals surface area contributed by atoms with Crippen molar-refractivity contribution in [2.24, 2.45) is 17.8 Å². The SMILES string of the molecule is CC1=CCCN(C23CC4CC(CC(C4)C2)C3)C1.Cl. The van der Waals surface area contributed by atoms with Crippen molar-refractivity contribution in [3.05, 3.63) is 11.6 Å². The molecule has 4 aliphatic carbocycles. The van der Waals surface area contributed by atoms with Crippen molar-refractivity contribution in [3.63, 3.8) is 0 Å². The Kier molecular flexibility index (Phi) is 3.27. The molecule has 0 aromatic heterocycles. The van der Waals surface area contributed by atoms with Crippen LogP contribution in [-0.4, -0.2) is 23.5 Å². The van der Waals surface area contributed by atoms with Crippen LogP contribution in [0.2, 0.25) is 0 Å². The summed E-state index contributed by atoms with van der Waals surface area (Å²) in [5, 5.41) is 0. The van der Waals surface area contributed by atoms with Gasteiger partial charge < -0.3 is 0 Å². The molecule has 0 N–H and O–H groups in total. The van der Waals surface area contributed by atoms with Crippen LogP contribution in [0.1, 0.15) is 51.9 Å². The molecule has 0 radical (unpaired) electrons. The summed E-state index contributed by atoms with van der Waals surface area (Å²) < 4.78 is 0. The minimum atomic E-state index is 0. The summed E-state index contributed by atoms with van der Waals surface area (Å²) >= 11 is 0. The summed E-state index contributed by atoms with van der Waals surface area (Å²) in [4.78, 5) is 2.88. The molecule has 5 aliphatic rings. The third-order valence-corrected chi connectivity index (χ3v) is 6.01. The fourth-order valence-corrected chi connectivity index (χ4v) is 5.77. The Balaban J connectivity index is 0.000001000. The highest BCUT2D eigenvalue weighted by molar-refractivity contribution is 5.85. The molecule has 5 rings (SSSR count). The molecule has 4 saturated carbocycles. The summed E-state index contributed by atoms with van der Waals surface area (Å²) in [5.41, 5.74) is 2.26. The van der Waals surface area contributed by atoms with Crippen molar-refractivity contribution in [2.45, 2.75) is 57.4 Å². The summed E-state index contributed by atoms with van der Waals surface area (Å²) in [5.74, 6) is 3.27. The van der Waals surface area contributed by atoms with E-state index in [1.165, 1.54) is 38.8 Å². The van der Waals surface area contributed by atoms with Gasteiger partial charge in [0.15, 0.2) is 0 Å². The van der Waals surface area contributed by atoms with Gasteiger partial charge >= 0.3 is 0 Å². The van der Waals surface area contributed by atoms with E-state index >= 15 is 0 Å². The third-order valence-electron chi connectivity index (χ3n) is 6.01. The molecule has 18 heavy (non-hydrogen) atoms. The highest BCUT2D eigenvalue weighted by atomic mass is 35.5. The lowest BCUT2D eigenvalue weighted by atomic mass is 9.52. The monoisotopic (exact) mass is 267 g/mol.